The largest absolute Gasteiger partial charge is 0.435 e. The third-order valence-electron chi connectivity index (χ3n) is 4.06. The van der Waals surface area contributed by atoms with Crippen LogP contribution in [-0.2, 0) is 0 Å². The third-order valence-corrected chi connectivity index (χ3v) is 5.67. The Morgan fingerprint density at radius 3 is 2.13 bits per heavy atom. The second-order valence-corrected chi connectivity index (χ2v) is 7.85. The van der Waals surface area contributed by atoms with Crippen molar-refractivity contribution in [2.24, 2.45) is 0 Å². The summed E-state index contributed by atoms with van der Waals surface area (Å²) in [5.41, 5.74) is 1.79. The van der Waals surface area contributed by atoms with Crippen LogP contribution in [0.2, 0.25) is 0 Å². The highest BCUT2D eigenvalue weighted by atomic mass is 79.9. The molecule has 5 aromatic rings. The topological polar surface area (TPSA) is 26.0 Å². The third kappa shape index (κ3) is 1.95. The van der Waals surface area contributed by atoms with Crippen molar-refractivity contribution in [1.29, 1.82) is 0 Å². The number of benzene rings is 3. The first-order chi connectivity index (χ1) is 11.3. The Morgan fingerprint density at radius 2 is 1.43 bits per heavy atom. The van der Waals surface area contributed by atoms with Gasteiger partial charge in [0.15, 0.2) is 5.58 Å². The van der Waals surface area contributed by atoms with Crippen LogP contribution in [0, 0.1) is 0 Å². The maximum absolute atomic E-state index is 6.17. The van der Waals surface area contributed by atoms with Crippen LogP contribution >= 0.6 is 27.3 Å². The number of halogens is 1. The van der Waals surface area contributed by atoms with Crippen LogP contribution in [0.25, 0.3) is 43.4 Å². The van der Waals surface area contributed by atoms with Crippen molar-refractivity contribution in [3.05, 3.63) is 64.5 Å². The fraction of sp³-hybridized carbons (Fsp3) is 0. The van der Waals surface area contributed by atoms with E-state index in [1.807, 2.05) is 24.3 Å². The van der Waals surface area contributed by atoms with E-state index in [-0.39, 0.29) is 0 Å². The van der Waals surface area contributed by atoms with Gasteiger partial charge in [0.1, 0.15) is 5.52 Å². The van der Waals surface area contributed by atoms with Gasteiger partial charge in [-0.05, 0) is 38.8 Å². The fourth-order valence-electron chi connectivity index (χ4n) is 3.06. The lowest BCUT2D eigenvalue weighted by atomic mass is 10.0. The number of aromatic nitrogens is 1. The molecule has 0 atom stereocenters. The molecule has 110 valence electrons. The van der Waals surface area contributed by atoms with Crippen molar-refractivity contribution in [2.75, 3.05) is 0 Å². The summed E-state index contributed by atoms with van der Waals surface area (Å²) in [4.78, 5) is 5.83. The molecule has 0 N–H and O–H groups in total. The minimum absolute atomic E-state index is 0.678. The van der Waals surface area contributed by atoms with Crippen molar-refractivity contribution >= 4 is 59.9 Å². The Labute approximate surface area is 144 Å². The fourth-order valence-corrected chi connectivity index (χ4v) is 4.37. The average molecular weight is 380 g/mol. The molecule has 0 amide bonds. The van der Waals surface area contributed by atoms with Crippen molar-refractivity contribution in [3.8, 4) is 10.8 Å². The second kappa shape index (κ2) is 4.91. The van der Waals surface area contributed by atoms with Gasteiger partial charge in [-0.2, -0.15) is 0 Å². The van der Waals surface area contributed by atoms with Crippen LogP contribution in [0.4, 0.5) is 0 Å². The van der Waals surface area contributed by atoms with E-state index in [4.69, 9.17) is 9.40 Å². The molecule has 0 aliphatic rings. The van der Waals surface area contributed by atoms with Gasteiger partial charge in [-0.1, -0.05) is 48.5 Å². The number of fused-ring (bicyclic) bond motifs is 6. The molecule has 0 radical (unpaired) electrons. The molecule has 0 unspecified atom stereocenters. The lowest BCUT2D eigenvalue weighted by Crippen LogP contribution is -1.80. The zero-order valence-corrected chi connectivity index (χ0v) is 14.3. The Hall–Kier alpha value is -2.17. The summed E-state index contributed by atoms with van der Waals surface area (Å²) < 4.78 is 7.24. The number of thiophene rings is 1. The molecule has 0 spiro atoms. The van der Waals surface area contributed by atoms with Gasteiger partial charge in [-0.3, -0.25) is 0 Å². The Kier molecular flexibility index (Phi) is 2.84. The average Bonchev–Trinajstić information content (AvgIpc) is 3.21. The Bertz CT molecular complexity index is 1120. The number of nitrogens with zero attached hydrogens (tertiary/aromatic N) is 1. The van der Waals surface area contributed by atoms with Crippen molar-refractivity contribution in [3.63, 3.8) is 0 Å². The van der Waals surface area contributed by atoms with Crippen molar-refractivity contribution in [1.82, 2.24) is 4.98 Å². The van der Waals surface area contributed by atoms with Gasteiger partial charge >= 0.3 is 0 Å². The molecule has 0 bridgehead atoms. The van der Waals surface area contributed by atoms with Gasteiger partial charge in [0.05, 0.1) is 8.66 Å². The highest BCUT2D eigenvalue weighted by Gasteiger charge is 2.16. The summed E-state index contributed by atoms with van der Waals surface area (Å²) in [5, 5.41) is 4.65. The number of oxazole rings is 1. The molecule has 0 saturated carbocycles. The van der Waals surface area contributed by atoms with Crippen LogP contribution in [-0.4, -0.2) is 4.98 Å². The molecule has 2 heterocycles. The van der Waals surface area contributed by atoms with E-state index in [9.17, 15) is 0 Å². The van der Waals surface area contributed by atoms with Crippen LogP contribution in [0.15, 0.2) is 68.9 Å². The van der Waals surface area contributed by atoms with Gasteiger partial charge in [0.25, 0.3) is 0 Å². The second-order valence-electron chi connectivity index (χ2n) is 5.39. The normalized spacial score (nSPS) is 11.7. The number of hydrogen-bond acceptors (Lipinski definition) is 3. The van der Waals surface area contributed by atoms with E-state index in [1.165, 1.54) is 10.8 Å². The first-order valence-corrected chi connectivity index (χ1v) is 8.88. The molecule has 2 nitrogen and oxygen atoms in total. The van der Waals surface area contributed by atoms with Crippen LogP contribution in [0.3, 0.4) is 0 Å². The Balaban J connectivity index is 1.98. The zero-order chi connectivity index (χ0) is 15.4. The van der Waals surface area contributed by atoms with E-state index in [2.05, 4.69) is 52.3 Å². The lowest BCUT2D eigenvalue weighted by Gasteiger charge is -2.04. The van der Waals surface area contributed by atoms with Gasteiger partial charge in [-0.15, -0.1) is 11.3 Å². The monoisotopic (exact) mass is 379 g/mol. The quantitative estimate of drug-likeness (QED) is 0.305. The molecule has 5 rings (SSSR count). The summed E-state index contributed by atoms with van der Waals surface area (Å²) in [6.07, 6.45) is 0. The van der Waals surface area contributed by atoms with Crippen LogP contribution in [0.1, 0.15) is 0 Å². The van der Waals surface area contributed by atoms with Gasteiger partial charge in [0.2, 0.25) is 5.89 Å². The molecule has 0 fully saturated rings. The molecular weight excluding hydrogens is 370 g/mol. The molecule has 23 heavy (non-hydrogen) atoms. The predicted octanol–water partition coefficient (Wildman–Crippen LogP) is 6.63. The standard InChI is InChI=1S/C19H10BrNOS/c20-16-10-9-15(23-16)19-21-17-13-7-3-1-5-11(13)12-6-2-4-8-14(12)18(17)22-19/h1-10H. The SMILES string of the molecule is Brc1ccc(-c2nc3c4ccccc4c4ccccc4c3o2)s1. The summed E-state index contributed by atoms with van der Waals surface area (Å²) in [6.45, 7) is 0. The smallest absolute Gasteiger partial charge is 0.237 e. The Morgan fingerprint density at radius 1 is 0.783 bits per heavy atom. The molecule has 0 aliphatic carbocycles. The first-order valence-electron chi connectivity index (χ1n) is 7.27. The molecular formula is C19H10BrNOS. The molecule has 4 heteroatoms. The minimum Gasteiger partial charge on any atom is -0.435 e. The summed E-state index contributed by atoms with van der Waals surface area (Å²) >= 11 is 5.13. The van der Waals surface area contributed by atoms with Gasteiger partial charge < -0.3 is 4.42 Å². The molecule has 3 aromatic carbocycles. The summed E-state index contributed by atoms with van der Waals surface area (Å²) in [7, 11) is 0. The van der Waals surface area contributed by atoms with E-state index >= 15 is 0 Å². The van der Waals surface area contributed by atoms with E-state index in [0.717, 1.165) is 30.5 Å². The maximum atomic E-state index is 6.17. The zero-order valence-electron chi connectivity index (χ0n) is 11.9. The van der Waals surface area contributed by atoms with E-state index < -0.39 is 0 Å². The maximum Gasteiger partial charge on any atom is 0.237 e. The summed E-state index contributed by atoms with van der Waals surface area (Å²) in [5.74, 6) is 0.678. The highest BCUT2D eigenvalue weighted by Crippen LogP contribution is 2.38. The van der Waals surface area contributed by atoms with Crippen molar-refractivity contribution in [2.45, 2.75) is 0 Å². The highest BCUT2D eigenvalue weighted by molar-refractivity contribution is 9.11. The number of hydrogen-bond donors (Lipinski definition) is 0. The van der Waals surface area contributed by atoms with Crippen LogP contribution < -0.4 is 0 Å². The van der Waals surface area contributed by atoms with E-state index in [1.54, 1.807) is 11.3 Å². The lowest BCUT2D eigenvalue weighted by molar-refractivity contribution is 0.625. The number of rotatable bonds is 1. The molecule has 0 aliphatic heterocycles. The minimum atomic E-state index is 0.678. The van der Waals surface area contributed by atoms with Gasteiger partial charge in [-0.25, -0.2) is 4.98 Å². The first kappa shape index (κ1) is 13.3. The van der Waals surface area contributed by atoms with Crippen LogP contribution in [0.5, 0.6) is 0 Å². The van der Waals surface area contributed by atoms with E-state index in [0.29, 0.717) is 5.89 Å². The molecule has 0 saturated heterocycles. The molecule has 2 aromatic heterocycles. The summed E-state index contributed by atoms with van der Waals surface area (Å²) in [6, 6.07) is 20.8. The predicted molar refractivity (Wildman–Crippen MR) is 100 cm³/mol. The van der Waals surface area contributed by atoms with Gasteiger partial charge in [0, 0.05) is 10.8 Å². The van der Waals surface area contributed by atoms with Crippen molar-refractivity contribution < 1.29 is 4.42 Å².